The Hall–Kier alpha value is 0.500. The summed E-state index contributed by atoms with van der Waals surface area (Å²) >= 11 is 0. The molecule has 1 aliphatic rings. The highest BCUT2D eigenvalue weighted by atomic mass is 35.5. The SMILES string of the molecule is C1CCCCC1.Cl.Cl.N.N. The Bertz CT molecular complexity index is 29.2. The molecule has 2 nitrogen and oxygen atoms in total. The molecule has 68 valence electrons. The van der Waals surface area contributed by atoms with Gasteiger partial charge in [0.25, 0.3) is 0 Å². The molecule has 0 atom stereocenters. The van der Waals surface area contributed by atoms with E-state index in [1.54, 1.807) is 0 Å². The molecule has 0 unspecified atom stereocenters. The third-order valence-corrected chi connectivity index (χ3v) is 1.50. The predicted molar refractivity (Wildman–Crippen MR) is 52.2 cm³/mol. The summed E-state index contributed by atoms with van der Waals surface area (Å²) in [7, 11) is 0. The van der Waals surface area contributed by atoms with Crippen LogP contribution in [0.25, 0.3) is 0 Å². The zero-order chi connectivity index (χ0) is 4.24. The van der Waals surface area contributed by atoms with Crippen LogP contribution < -0.4 is 12.3 Å². The Balaban J connectivity index is -0.0000000450. The molecule has 6 N–H and O–H groups in total. The highest BCUT2D eigenvalue weighted by molar-refractivity contribution is 5.85. The molecular formula is C6H20Cl2N2. The van der Waals surface area contributed by atoms with Crippen molar-refractivity contribution in [2.75, 3.05) is 0 Å². The minimum Gasteiger partial charge on any atom is -0.344 e. The third kappa shape index (κ3) is 11.3. The summed E-state index contributed by atoms with van der Waals surface area (Å²) in [5, 5.41) is 0. The third-order valence-electron chi connectivity index (χ3n) is 1.50. The maximum absolute atomic E-state index is 1.50. The molecule has 1 saturated carbocycles. The van der Waals surface area contributed by atoms with Gasteiger partial charge in [-0.15, -0.1) is 24.8 Å². The zero-order valence-electron chi connectivity index (χ0n) is 6.47. The van der Waals surface area contributed by atoms with E-state index < -0.39 is 0 Å². The van der Waals surface area contributed by atoms with Crippen molar-refractivity contribution in [1.82, 2.24) is 12.3 Å². The van der Waals surface area contributed by atoms with Crippen LogP contribution in [0.1, 0.15) is 38.5 Å². The van der Waals surface area contributed by atoms with Gasteiger partial charge in [0.15, 0.2) is 0 Å². The highest BCUT2D eigenvalue weighted by Gasteiger charge is 1.95. The summed E-state index contributed by atoms with van der Waals surface area (Å²) in [5.41, 5.74) is 0. The molecule has 0 aromatic carbocycles. The smallest absolute Gasteiger partial charge is 0.0533 e. The van der Waals surface area contributed by atoms with Crippen LogP contribution in [0.5, 0.6) is 0 Å². The Morgan fingerprint density at radius 3 is 0.600 bits per heavy atom. The Morgan fingerprint density at radius 1 is 0.400 bits per heavy atom. The normalized spacial score (nSPS) is 14.4. The van der Waals surface area contributed by atoms with Crippen LogP contribution in [0, 0.1) is 0 Å². The van der Waals surface area contributed by atoms with Crippen LogP contribution in [0.4, 0.5) is 0 Å². The van der Waals surface area contributed by atoms with Gasteiger partial charge in [-0.3, -0.25) is 0 Å². The molecule has 1 fully saturated rings. The molecule has 0 aliphatic heterocycles. The van der Waals surface area contributed by atoms with E-state index >= 15 is 0 Å². The van der Waals surface area contributed by atoms with Crippen molar-refractivity contribution in [3.63, 3.8) is 0 Å². The zero-order valence-corrected chi connectivity index (χ0v) is 8.11. The molecule has 0 spiro atoms. The molecule has 0 saturated heterocycles. The fraction of sp³-hybridized carbons (Fsp3) is 1.00. The summed E-state index contributed by atoms with van der Waals surface area (Å²) in [6.07, 6.45) is 9.00. The second-order valence-electron chi connectivity index (χ2n) is 2.12. The van der Waals surface area contributed by atoms with E-state index in [0.29, 0.717) is 0 Å². The molecule has 0 radical (unpaired) electrons. The first-order valence-corrected chi connectivity index (χ1v) is 3.00. The molecule has 0 bridgehead atoms. The first kappa shape index (κ1) is 22.4. The average Bonchev–Trinajstić information content (AvgIpc) is 1.72. The van der Waals surface area contributed by atoms with Gasteiger partial charge in [0.1, 0.15) is 0 Å². The summed E-state index contributed by atoms with van der Waals surface area (Å²) in [5.74, 6) is 0. The average molecular weight is 191 g/mol. The van der Waals surface area contributed by atoms with Gasteiger partial charge >= 0.3 is 0 Å². The van der Waals surface area contributed by atoms with Crippen LogP contribution in [-0.2, 0) is 0 Å². The summed E-state index contributed by atoms with van der Waals surface area (Å²) < 4.78 is 0. The standard InChI is InChI=1S/C6H12.2ClH.2H3N/c1-2-4-6-5-3-1;;;;/h1-6H2;2*1H;2*1H3. The number of halogens is 2. The molecule has 4 heteroatoms. The van der Waals surface area contributed by atoms with Crippen molar-refractivity contribution >= 4 is 24.8 Å². The maximum Gasteiger partial charge on any atom is -0.0533 e. The molecule has 1 rings (SSSR count). The van der Waals surface area contributed by atoms with Gasteiger partial charge in [-0.2, -0.15) is 0 Å². The van der Waals surface area contributed by atoms with Gasteiger partial charge < -0.3 is 12.3 Å². The number of rotatable bonds is 0. The van der Waals surface area contributed by atoms with E-state index in [1.165, 1.54) is 38.5 Å². The molecule has 0 heterocycles. The van der Waals surface area contributed by atoms with Gasteiger partial charge in [0.2, 0.25) is 0 Å². The van der Waals surface area contributed by atoms with E-state index in [4.69, 9.17) is 0 Å². The first-order chi connectivity index (χ1) is 3.00. The minimum absolute atomic E-state index is 0. The molecule has 0 aromatic rings. The van der Waals surface area contributed by atoms with Crippen LogP contribution in [0.3, 0.4) is 0 Å². The fourth-order valence-electron chi connectivity index (χ4n) is 1.06. The molecule has 10 heavy (non-hydrogen) atoms. The number of hydrogen-bond donors (Lipinski definition) is 2. The van der Waals surface area contributed by atoms with E-state index in [0.717, 1.165) is 0 Å². The maximum atomic E-state index is 1.50. The van der Waals surface area contributed by atoms with Gasteiger partial charge in [-0.1, -0.05) is 38.5 Å². The van der Waals surface area contributed by atoms with Crippen molar-refractivity contribution in [3.05, 3.63) is 0 Å². The second kappa shape index (κ2) is 16.2. The van der Waals surface area contributed by atoms with Crippen molar-refractivity contribution in [2.24, 2.45) is 0 Å². The van der Waals surface area contributed by atoms with Crippen molar-refractivity contribution < 1.29 is 0 Å². The van der Waals surface area contributed by atoms with Gasteiger partial charge in [-0.25, -0.2) is 0 Å². The lowest BCUT2D eigenvalue weighted by Crippen LogP contribution is -1.85. The lowest BCUT2D eigenvalue weighted by Gasteiger charge is -2.05. The summed E-state index contributed by atoms with van der Waals surface area (Å²) in [6.45, 7) is 0. The van der Waals surface area contributed by atoms with Crippen molar-refractivity contribution in [1.29, 1.82) is 0 Å². The topological polar surface area (TPSA) is 70.0 Å². The lowest BCUT2D eigenvalue weighted by molar-refractivity contribution is 0.504. The van der Waals surface area contributed by atoms with E-state index in [9.17, 15) is 0 Å². The molecule has 1 aliphatic carbocycles. The second-order valence-corrected chi connectivity index (χ2v) is 2.12. The van der Waals surface area contributed by atoms with E-state index in [1.807, 2.05) is 0 Å². The summed E-state index contributed by atoms with van der Waals surface area (Å²) in [4.78, 5) is 0. The first-order valence-electron chi connectivity index (χ1n) is 3.00. The minimum atomic E-state index is 0. The highest BCUT2D eigenvalue weighted by Crippen LogP contribution is 2.15. The fourth-order valence-corrected chi connectivity index (χ4v) is 1.06. The van der Waals surface area contributed by atoms with Crippen molar-refractivity contribution in [2.45, 2.75) is 38.5 Å². The van der Waals surface area contributed by atoms with Crippen molar-refractivity contribution in [3.8, 4) is 0 Å². The van der Waals surface area contributed by atoms with Crippen LogP contribution in [0.2, 0.25) is 0 Å². The molecular weight excluding hydrogens is 171 g/mol. The van der Waals surface area contributed by atoms with Gasteiger partial charge in [0, 0.05) is 0 Å². The van der Waals surface area contributed by atoms with Gasteiger partial charge in [-0.05, 0) is 0 Å². The quantitative estimate of drug-likeness (QED) is 0.615. The molecule has 0 aromatic heterocycles. The largest absolute Gasteiger partial charge is 0.344 e. The Kier molecular flexibility index (Phi) is 36.4. The van der Waals surface area contributed by atoms with Crippen LogP contribution in [-0.4, -0.2) is 0 Å². The van der Waals surface area contributed by atoms with Gasteiger partial charge in [0.05, 0.1) is 0 Å². The van der Waals surface area contributed by atoms with E-state index in [2.05, 4.69) is 0 Å². The lowest BCUT2D eigenvalue weighted by atomic mass is 10.0. The van der Waals surface area contributed by atoms with E-state index in [-0.39, 0.29) is 37.1 Å². The molecule has 0 amide bonds. The Labute approximate surface area is 76.1 Å². The predicted octanol–water partition coefficient (Wildman–Crippen LogP) is 3.51. The number of hydrogen-bond acceptors (Lipinski definition) is 2. The van der Waals surface area contributed by atoms with Crippen LogP contribution >= 0.6 is 24.8 Å². The Morgan fingerprint density at radius 2 is 0.500 bits per heavy atom. The summed E-state index contributed by atoms with van der Waals surface area (Å²) in [6, 6.07) is 0. The van der Waals surface area contributed by atoms with Crippen LogP contribution in [0.15, 0.2) is 0 Å². The monoisotopic (exact) mass is 190 g/mol.